The maximum absolute atomic E-state index is 12.6. The Morgan fingerprint density at radius 2 is 1.68 bits per heavy atom. The molecule has 148 valence electrons. The van der Waals surface area contributed by atoms with E-state index in [1.54, 1.807) is 29.2 Å². The molecule has 28 heavy (non-hydrogen) atoms. The monoisotopic (exact) mass is 380 g/mol. The van der Waals surface area contributed by atoms with Gasteiger partial charge in [-0.25, -0.2) is 0 Å². The van der Waals surface area contributed by atoms with Crippen LogP contribution in [0.5, 0.6) is 0 Å². The number of nitrogens with zero attached hydrogens (tertiary/aromatic N) is 4. The number of rotatable bonds is 7. The standard InChI is InChI=1S/C22H28N4O2/c1-18(27)26(21-7-5-20(6-8-21)25-14-3-4-15-25)17-22(28)24(2)16-11-19-9-12-23-13-10-19/h5-10,12-13H,3-4,11,14-17H2,1-2H3. The molecule has 6 nitrogen and oxygen atoms in total. The lowest BCUT2D eigenvalue weighted by molar-refractivity contribution is -0.130. The van der Waals surface area contributed by atoms with Gasteiger partial charge in [0, 0.05) is 57.4 Å². The van der Waals surface area contributed by atoms with Crippen molar-refractivity contribution in [3.8, 4) is 0 Å². The van der Waals surface area contributed by atoms with Gasteiger partial charge in [0.25, 0.3) is 0 Å². The van der Waals surface area contributed by atoms with Crippen LogP contribution in [-0.2, 0) is 16.0 Å². The number of carbonyl (C=O) groups is 2. The number of aromatic nitrogens is 1. The SMILES string of the molecule is CC(=O)N(CC(=O)N(C)CCc1ccncc1)c1ccc(N2CCCC2)cc1. The largest absolute Gasteiger partial charge is 0.372 e. The van der Waals surface area contributed by atoms with Crippen molar-refractivity contribution in [3.05, 3.63) is 54.4 Å². The van der Waals surface area contributed by atoms with Gasteiger partial charge < -0.3 is 14.7 Å². The van der Waals surface area contributed by atoms with Gasteiger partial charge in [0.1, 0.15) is 6.54 Å². The summed E-state index contributed by atoms with van der Waals surface area (Å²) in [6.45, 7) is 4.30. The molecule has 1 aliphatic rings. The average Bonchev–Trinajstić information content (AvgIpc) is 3.25. The van der Waals surface area contributed by atoms with Crippen molar-refractivity contribution in [3.63, 3.8) is 0 Å². The Kier molecular flexibility index (Phi) is 6.63. The molecule has 3 rings (SSSR count). The van der Waals surface area contributed by atoms with E-state index < -0.39 is 0 Å². The topological polar surface area (TPSA) is 56.8 Å². The lowest BCUT2D eigenvalue weighted by atomic mass is 10.2. The van der Waals surface area contributed by atoms with E-state index in [0.717, 1.165) is 30.8 Å². The van der Waals surface area contributed by atoms with Crippen molar-refractivity contribution in [1.29, 1.82) is 0 Å². The van der Waals surface area contributed by atoms with E-state index in [2.05, 4.69) is 9.88 Å². The second-order valence-corrected chi connectivity index (χ2v) is 7.24. The van der Waals surface area contributed by atoms with Gasteiger partial charge in [0.05, 0.1) is 0 Å². The highest BCUT2D eigenvalue weighted by Crippen LogP contribution is 2.24. The molecule has 1 saturated heterocycles. The van der Waals surface area contributed by atoms with Crippen molar-refractivity contribution in [2.24, 2.45) is 0 Å². The summed E-state index contributed by atoms with van der Waals surface area (Å²) in [5, 5.41) is 0. The zero-order valence-corrected chi connectivity index (χ0v) is 16.7. The van der Waals surface area contributed by atoms with Gasteiger partial charge in [0.15, 0.2) is 0 Å². The van der Waals surface area contributed by atoms with Crippen molar-refractivity contribution < 1.29 is 9.59 Å². The van der Waals surface area contributed by atoms with Gasteiger partial charge >= 0.3 is 0 Å². The molecule has 0 bridgehead atoms. The summed E-state index contributed by atoms with van der Waals surface area (Å²) in [5.41, 5.74) is 3.06. The molecule has 0 aliphatic carbocycles. The number of amides is 2. The van der Waals surface area contributed by atoms with Crippen LogP contribution in [0, 0.1) is 0 Å². The molecule has 0 N–H and O–H groups in total. The van der Waals surface area contributed by atoms with Crippen LogP contribution in [0.15, 0.2) is 48.8 Å². The lowest BCUT2D eigenvalue weighted by Gasteiger charge is -2.25. The molecule has 0 unspecified atom stereocenters. The Hall–Kier alpha value is -2.89. The molecule has 6 heteroatoms. The van der Waals surface area contributed by atoms with Crippen LogP contribution in [0.2, 0.25) is 0 Å². The molecule has 1 fully saturated rings. The van der Waals surface area contributed by atoms with Crippen LogP contribution in [0.25, 0.3) is 0 Å². The second kappa shape index (κ2) is 9.35. The zero-order chi connectivity index (χ0) is 19.9. The highest BCUT2D eigenvalue weighted by molar-refractivity contribution is 5.97. The summed E-state index contributed by atoms with van der Waals surface area (Å²) in [7, 11) is 1.78. The molecule has 0 atom stereocenters. The van der Waals surface area contributed by atoms with Crippen molar-refractivity contribution in [1.82, 2.24) is 9.88 Å². The molecule has 2 amide bonds. The van der Waals surface area contributed by atoms with Crippen LogP contribution >= 0.6 is 0 Å². The Morgan fingerprint density at radius 3 is 2.29 bits per heavy atom. The number of anilines is 2. The number of likely N-dealkylation sites (N-methyl/N-ethyl adjacent to an activating group) is 1. The highest BCUT2D eigenvalue weighted by atomic mass is 16.2. The van der Waals surface area contributed by atoms with Gasteiger partial charge in [0.2, 0.25) is 11.8 Å². The van der Waals surface area contributed by atoms with Crippen LogP contribution in [0.3, 0.4) is 0 Å². The molecule has 2 aromatic rings. The van der Waals surface area contributed by atoms with E-state index >= 15 is 0 Å². The third kappa shape index (κ3) is 5.09. The predicted octanol–water partition coefficient (Wildman–Crippen LogP) is 2.74. The molecular formula is C22H28N4O2. The highest BCUT2D eigenvalue weighted by Gasteiger charge is 2.19. The summed E-state index contributed by atoms with van der Waals surface area (Å²) >= 11 is 0. The molecule has 0 saturated carbocycles. The van der Waals surface area contributed by atoms with E-state index in [1.807, 2.05) is 36.4 Å². The zero-order valence-electron chi connectivity index (χ0n) is 16.7. The minimum atomic E-state index is -0.134. The molecular weight excluding hydrogens is 352 g/mol. The number of hydrogen-bond acceptors (Lipinski definition) is 4. The maximum atomic E-state index is 12.6. The van der Waals surface area contributed by atoms with Gasteiger partial charge in [-0.05, 0) is 61.2 Å². The maximum Gasteiger partial charge on any atom is 0.242 e. The van der Waals surface area contributed by atoms with Gasteiger partial charge in [-0.1, -0.05) is 0 Å². The van der Waals surface area contributed by atoms with E-state index in [4.69, 9.17) is 0 Å². The summed E-state index contributed by atoms with van der Waals surface area (Å²) in [5.74, 6) is -0.210. The molecule has 0 spiro atoms. The molecule has 1 aromatic heterocycles. The summed E-state index contributed by atoms with van der Waals surface area (Å²) in [6, 6.07) is 11.8. The first-order chi connectivity index (χ1) is 13.5. The molecule has 2 heterocycles. The van der Waals surface area contributed by atoms with E-state index in [1.165, 1.54) is 25.5 Å². The minimum absolute atomic E-state index is 0.0469. The number of benzene rings is 1. The Labute approximate surface area is 166 Å². The fraction of sp³-hybridized carbons (Fsp3) is 0.409. The van der Waals surface area contributed by atoms with Gasteiger partial charge in [-0.3, -0.25) is 14.6 Å². The second-order valence-electron chi connectivity index (χ2n) is 7.24. The molecule has 1 aromatic carbocycles. The van der Waals surface area contributed by atoms with E-state index in [9.17, 15) is 9.59 Å². The fourth-order valence-electron chi connectivity index (χ4n) is 3.43. The Morgan fingerprint density at radius 1 is 1.04 bits per heavy atom. The number of hydrogen-bond donors (Lipinski definition) is 0. The Bertz CT molecular complexity index is 786. The number of pyridine rings is 1. The van der Waals surface area contributed by atoms with Crippen LogP contribution in [0.1, 0.15) is 25.3 Å². The Balaban J connectivity index is 1.60. The third-order valence-electron chi connectivity index (χ3n) is 5.22. The fourth-order valence-corrected chi connectivity index (χ4v) is 3.43. The predicted molar refractivity (Wildman–Crippen MR) is 111 cm³/mol. The smallest absolute Gasteiger partial charge is 0.242 e. The third-order valence-corrected chi connectivity index (χ3v) is 5.22. The first-order valence-electron chi connectivity index (χ1n) is 9.80. The van der Waals surface area contributed by atoms with Crippen molar-refractivity contribution >= 4 is 23.2 Å². The van der Waals surface area contributed by atoms with Crippen LogP contribution < -0.4 is 9.80 Å². The van der Waals surface area contributed by atoms with Crippen molar-refractivity contribution in [2.75, 3.05) is 43.0 Å². The number of carbonyl (C=O) groups excluding carboxylic acids is 2. The first-order valence-corrected chi connectivity index (χ1v) is 9.80. The molecule has 0 radical (unpaired) electrons. The summed E-state index contributed by atoms with van der Waals surface area (Å²) in [4.78, 5) is 34.4. The van der Waals surface area contributed by atoms with E-state index in [0.29, 0.717) is 6.54 Å². The van der Waals surface area contributed by atoms with Gasteiger partial charge in [-0.2, -0.15) is 0 Å². The lowest BCUT2D eigenvalue weighted by Crippen LogP contribution is -2.41. The van der Waals surface area contributed by atoms with Crippen LogP contribution in [-0.4, -0.2) is 54.9 Å². The summed E-state index contributed by atoms with van der Waals surface area (Å²) < 4.78 is 0. The minimum Gasteiger partial charge on any atom is -0.372 e. The quantitative estimate of drug-likeness (QED) is 0.741. The average molecular weight is 380 g/mol. The molecule has 1 aliphatic heterocycles. The summed E-state index contributed by atoms with van der Waals surface area (Å²) in [6.07, 6.45) is 6.71. The van der Waals surface area contributed by atoms with Crippen molar-refractivity contribution in [2.45, 2.75) is 26.2 Å². The van der Waals surface area contributed by atoms with Crippen LogP contribution in [0.4, 0.5) is 11.4 Å². The van der Waals surface area contributed by atoms with E-state index in [-0.39, 0.29) is 18.4 Å². The normalized spacial score (nSPS) is 13.4. The first kappa shape index (κ1) is 19.9. The van der Waals surface area contributed by atoms with Gasteiger partial charge in [-0.15, -0.1) is 0 Å².